The molecule has 0 unspecified atom stereocenters. The quantitative estimate of drug-likeness (QED) is 0.791. The van der Waals surface area contributed by atoms with E-state index in [0.717, 1.165) is 22.9 Å². The van der Waals surface area contributed by atoms with Crippen LogP contribution in [0.3, 0.4) is 0 Å². The molecule has 1 aromatic rings. The number of hydrogen-bond acceptors (Lipinski definition) is 2. The topological polar surface area (TPSA) is 30.0 Å². The molecule has 0 saturated heterocycles. The van der Waals surface area contributed by atoms with E-state index in [4.69, 9.17) is 0 Å². The fourth-order valence-corrected chi connectivity index (χ4v) is 2.91. The van der Waals surface area contributed by atoms with Crippen LogP contribution in [0.5, 0.6) is 0 Å². The number of hydrogen-bond donors (Lipinski definition) is 0. The molecule has 1 aliphatic carbocycles. The third kappa shape index (κ3) is 3.91. The molecule has 1 aromatic heterocycles. The molecule has 0 radical (unpaired) electrons. The zero-order valence-corrected chi connectivity index (χ0v) is 11.6. The van der Waals surface area contributed by atoms with Crippen molar-refractivity contribution < 1.29 is 4.79 Å². The highest BCUT2D eigenvalue weighted by Gasteiger charge is 2.20. The Hall–Kier alpha value is -0.700. The first-order valence-corrected chi connectivity index (χ1v) is 7.17. The second kappa shape index (κ2) is 6.29. The van der Waals surface area contributed by atoms with Gasteiger partial charge in [0.05, 0.1) is 0 Å². The van der Waals surface area contributed by atoms with E-state index in [1.807, 2.05) is 6.07 Å². The lowest BCUT2D eigenvalue weighted by atomic mass is 9.92. The molecular formula is C14H18BrNO. The first kappa shape index (κ1) is 12.7. The van der Waals surface area contributed by atoms with Gasteiger partial charge in [0.1, 0.15) is 5.78 Å². The molecule has 0 atom stereocenters. The van der Waals surface area contributed by atoms with Crippen LogP contribution in [0.4, 0.5) is 0 Å². The van der Waals surface area contributed by atoms with Gasteiger partial charge in [-0.05, 0) is 40.4 Å². The first-order valence-electron chi connectivity index (χ1n) is 6.38. The van der Waals surface area contributed by atoms with E-state index < -0.39 is 0 Å². The Balaban J connectivity index is 1.95. The van der Waals surface area contributed by atoms with E-state index in [2.05, 4.69) is 20.9 Å². The van der Waals surface area contributed by atoms with Crippen LogP contribution < -0.4 is 0 Å². The normalized spacial score (nSPS) is 17.7. The molecule has 1 aliphatic rings. The van der Waals surface area contributed by atoms with E-state index >= 15 is 0 Å². The van der Waals surface area contributed by atoms with Crippen LogP contribution in [0.2, 0.25) is 0 Å². The summed E-state index contributed by atoms with van der Waals surface area (Å²) in [5.74, 6) is 0.684. The number of carbonyl (C=O) groups excluding carboxylic acids is 1. The lowest BCUT2D eigenvalue weighted by Crippen LogP contribution is -2.16. The van der Waals surface area contributed by atoms with Crippen molar-refractivity contribution in [3.8, 4) is 0 Å². The minimum Gasteiger partial charge on any atom is -0.299 e. The number of carbonyl (C=O) groups is 1. The van der Waals surface area contributed by atoms with Crippen LogP contribution in [-0.2, 0) is 11.2 Å². The molecule has 92 valence electrons. The summed E-state index contributed by atoms with van der Waals surface area (Å²) in [4.78, 5) is 16.3. The molecule has 2 rings (SSSR count). The molecule has 0 aliphatic heterocycles. The summed E-state index contributed by atoms with van der Waals surface area (Å²) in [6, 6.07) is 1.99. The third-order valence-electron chi connectivity index (χ3n) is 3.45. The Kier molecular flexibility index (Phi) is 4.72. The average Bonchev–Trinajstić information content (AvgIpc) is 2.57. The van der Waals surface area contributed by atoms with Crippen molar-refractivity contribution in [2.24, 2.45) is 5.92 Å². The van der Waals surface area contributed by atoms with Crippen molar-refractivity contribution in [3.63, 3.8) is 0 Å². The minimum absolute atomic E-state index is 0.288. The van der Waals surface area contributed by atoms with Crippen LogP contribution in [0, 0.1) is 5.92 Å². The molecular weight excluding hydrogens is 278 g/mol. The van der Waals surface area contributed by atoms with E-state index in [-0.39, 0.29) is 5.92 Å². The molecule has 1 saturated carbocycles. The number of Topliss-reactive ketones (excluding diaryl/α,β-unsaturated/α-hetero) is 1. The molecule has 0 spiro atoms. The number of nitrogens with zero attached hydrogens (tertiary/aromatic N) is 1. The summed E-state index contributed by atoms with van der Waals surface area (Å²) < 4.78 is 0.948. The Morgan fingerprint density at radius 2 is 1.94 bits per heavy atom. The molecule has 0 bridgehead atoms. The fraction of sp³-hybridized carbons (Fsp3) is 0.571. The molecule has 1 fully saturated rings. The summed E-state index contributed by atoms with van der Waals surface area (Å²) in [7, 11) is 0. The number of pyridine rings is 1. The summed E-state index contributed by atoms with van der Waals surface area (Å²) in [5.41, 5.74) is 1.02. The molecule has 0 aromatic carbocycles. The van der Waals surface area contributed by atoms with Crippen LogP contribution in [0.25, 0.3) is 0 Å². The molecule has 1 heterocycles. The third-order valence-corrected chi connectivity index (χ3v) is 3.88. The number of halogens is 1. The van der Waals surface area contributed by atoms with Gasteiger partial charge in [-0.15, -0.1) is 0 Å². The lowest BCUT2D eigenvalue weighted by molar-refractivity contribution is -0.122. The SMILES string of the molecule is O=C(Cc1cncc(Br)c1)C1CCCCCC1. The van der Waals surface area contributed by atoms with Gasteiger partial charge in [-0.1, -0.05) is 25.7 Å². The average molecular weight is 296 g/mol. The molecule has 0 amide bonds. The highest BCUT2D eigenvalue weighted by molar-refractivity contribution is 9.10. The van der Waals surface area contributed by atoms with E-state index in [1.54, 1.807) is 12.4 Å². The predicted octanol–water partition coefficient (Wildman–Crippen LogP) is 3.93. The maximum Gasteiger partial charge on any atom is 0.140 e. The summed E-state index contributed by atoms with van der Waals surface area (Å²) in [5, 5.41) is 0. The van der Waals surface area contributed by atoms with E-state index in [1.165, 1.54) is 25.7 Å². The highest BCUT2D eigenvalue weighted by Crippen LogP contribution is 2.24. The molecule has 3 heteroatoms. The van der Waals surface area contributed by atoms with Crippen molar-refractivity contribution in [1.82, 2.24) is 4.98 Å². The van der Waals surface area contributed by atoms with E-state index in [9.17, 15) is 4.79 Å². The van der Waals surface area contributed by atoms with Crippen LogP contribution in [0.1, 0.15) is 44.1 Å². The molecule has 2 nitrogen and oxygen atoms in total. The van der Waals surface area contributed by atoms with Gasteiger partial charge in [0, 0.05) is 29.2 Å². The van der Waals surface area contributed by atoms with Gasteiger partial charge in [-0.2, -0.15) is 0 Å². The van der Waals surface area contributed by atoms with Gasteiger partial charge in [-0.3, -0.25) is 9.78 Å². The standard InChI is InChI=1S/C14H18BrNO/c15-13-7-11(9-16-10-13)8-14(17)12-5-3-1-2-4-6-12/h7,9-10,12H,1-6,8H2. The smallest absolute Gasteiger partial charge is 0.140 e. The maximum atomic E-state index is 12.2. The zero-order valence-electron chi connectivity index (χ0n) is 9.99. The van der Waals surface area contributed by atoms with Crippen molar-refractivity contribution in [1.29, 1.82) is 0 Å². The lowest BCUT2D eigenvalue weighted by Gasteiger charge is -2.12. The van der Waals surface area contributed by atoms with Crippen LogP contribution in [0.15, 0.2) is 22.9 Å². The number of ketones is 1. The summed E-state index contributed by atoms with van der Waals surface area (Å²) in [6.07, 6.45) is 11.3. The van der Waals surface area contributed by atoms with Crippen LogP contribution in [-0.4, -0.2) is 10.8 Å². The number of aromatic nitrogens is 1. The van der Waals surface area contributed by atoms with Crippen molar-refractivity contribution in [3.05, 3.63) is 28.5 Å². The van der Waals surface area contributed by atoms with Crippen LogP contribution >= 0.6 is 15.9 Å². The molecule has 17 heavy (non-hydrogen) atoms. The van der Waals surface area contributed by atoms with Gasteiger partial charge in [0.25, 0.3) is 0 Å². The van der Waals surface area contributed by atoms with Gasteiger partial charge in [-0.25, -0.2) is 0 Å². The van der Waals surface area contributed by atoms with Gasteiger partial charge in [0.2, 0.25) is 0 Å². The van der Waals surface area contributed by atoms with Gasteiger partial charge in [0.15, 0.2) is 0 Å². The second-order valence-corrected chi connectivity index (χ2v) is 5.76. The largest absolute Gasteiger partial charge is 0.299 e. The van der Waals surface area contributed by atoms with Crippen molar-refractivity contribution in [2.75, 3.05) is 0 Å². The summed E-state index contributed by atoms with van der Waals surface area (Å²) >= 11 is 3.39. The van der Waals surface area contributed by atoms with E-state index in [0.29, 0.717) is 12.2 Å². The fourth-order valence-electron chi connectivity index (χ4n) is 2.50. The zero-order chi connectivity index (χ0) is 12.1. The monoisotopic (exact) mass is 295 g/mol. The molecule has 0 N–H and O–H groups in total. The second-order valence-electron chi connectivity index (χ2n) is 4.84. The summed E-state index contributed by atoms with van der Waals surface area (Å²) in [6.45, 7) is 0. The Bertz CT molecular complexity index is 384. The Morgan fingerprint density at radius 1 is 1.24 bits per heavy atom. The Morgan fingerprint density at radius 3 is 2.59 bits per heavy atom. The predicted molar refractivity (Wildman–Crippen MR) is 71.8 cm³/mol. The highest BCUT2D eigenvalue weighted by atomic mass is 79.9. The van der Waals surface area contributed by atoms with Gasteiger partial charge < -0.3 is 0 Å². The maximum absolute atomic E-state index is 12.2. The minimum atomic E-state index is 0.288. The Labute approximate surface area is 111 Å². The van der Waals surface area contributed by atoms with Gasteiger partial charge >= 0.3 is 0 Å². The number of rotatable bonds is 3. The van der Waals surface area contributed by atoms with Crippen molar-refractivity contribution in [2.45, 2.75) is 44.9 Å². The first-order chi connectivity index (χ1) is 8.25. The van der Waals surface area contributed by atoms with Crippen molar-refractivity contribution >= 4 is 21.7 Å².